The molecule has 7 aromatic rings. The molecule has 0 radical (unpaired) electrons. The Morgan fingerprint density at radius 3 is 2.32 bits per heavy atom. The van der Waals surface area contributed by atoms with Crippen molar-refractivity contribution < 1.29 is 4.42 Å². The lowest BCUT2D eigenvalue weighted by molar-refractivity contribution is 0.569. The first-order valence-electron chi connectivity index (χ1n) is 19.7. The second-order valence-electron chi connectivity index (χ2n) is 14.8. The third-order valence-corrected chi connectivity index (χ3v) is 11.4. The number of fused-ring (bicyclic) bond motifs is 6. The van der Waals surface area contributed by atoms with E-state index in [1.54, 1.807) is 0 Å². The zero-order valence-electron chi connectivity index (χ0n) is 31.5. The van der Waals surface area contributed by atoms with E-state index in [2.05, 4.69) is 181 Å². The third-order valence-electron chi connectivity index (χ3n) is 11.4. The van der Waals surface area contributed by atoms with Crippen molar-refractivity contribution in [2.75, 3.05) is 0 Å². The van der Waals surface area contributed by atoms with Crippen molar-refractivity contribution in [3.05, 3.63) is 228 Å². The van der Waals surface area contributed by atoms with Crippen molar-refractivity contribution in [2.45, 2.75) is 19.0 Å². The number of hydrogen-bond donors (Lipinski definition) is 2. The van der Waals surface area contributed by atoms with E-state index in [9.17, 15) is 0 Å². The Morgan fingerprint density at radius 2 is 1.49 bits per heavy atom. The van der Waals surface area contributed by atoms with Crippen LogP contribution in [0.25, 0.3) is 55.3 Å². The Balaban J connectivity index is 1.05. The van der Waals surface area contributed by atoms with Crippen molar-refractivity contribution in [3.63, 3.8) is 0 Å². The van der Waals surface area contributed by atoms with Gasteiger partial charge in [-0.1, -0.05) is 170 Å². The average molecular weight is 736 g/mol. The van der Waals surface area contributed by atoms with Gasteiger partial charge >= 0.3 is 0 Å². The molecule has 2 N–H and O–H groups in total. The fourth-order valence-corrected chi connectivity index (χ4v) is 8.42. The minimum Gasteiger partial charge on any atom is -0.456 e. The average Bonchev–Trinajstić information content (AvgIpc) is 3.51. The van der Waals surface area contributed by atoms with Crippen LogP contribution in [0.4, 0.5) is 0 Å². The monoisotopic (exact) mass is 735 g/mol. The van der Waals surface area contributed by atoms with Crippen LogP contribution in [-0.4, -0.2) is 5.84 Å². The highest BCUT2D eigenvalue weighted by molar-refractivity contribution is 6.18. The van der Waals surface area contributed by atoms with Crippen molar-refractivity contribution >= 4 is 38.9 Å². The van der Waals surface area contributed by atoms with E-state index in [0.717, 1.165) is 68.6 Å². The first kappa shape index (κ1) is 34.3. The van der Waals surface area contributed by atoms with Crippen LogP contribution in [0.5, 0.6) is 0 Å². The van der Waals surface area contributed by atoms with Gasteiger partial charge in [-0.05, 0) is 86.7 Å². The van der Waals surface area contributed by atoms with Gasteiger partial charge in [-0.15, -0.1) is 0 Å². The lowest BCUT2D eigenvalue weighted by Crippen LogP contribution is -2.23. The van der Waals surface area contributed by atoms with Gasteiger partial charge < -0.3 is 15.1 Å². The van der Waals surface area contributed by atoms with E-state index < -0.39 is 0 Å². The maximum absolute atomic E-state index is 6.51. The van der Waals surface area contributed by atoms with Crippen LogP contribution in [0, 0.1) is 5.92 Å². The molecule has 0 amide bonds. The Labute approximate surface area is 333 Å². The molecule has 3 aliphatic rings. The van der Waals surface area contributed by atoms with Gasteiger partial charge in [0.05, 0.1) is 0 Å². The summed E-state index contributed by atoms with van der Waals surface area (Å²) < 4.78 is 6.51. The summed E-state index contributed by atoms with van der Waals surface area (Å²) in [6.45, 7) is 4.25. The normalized spacial score (nSPS) is 18.2. The van der Waals surface area contributed by atoms with Crippen LogP contribution in [-0.2, 0) is 6.42 Å². The molecule has 10 rings (SSSR count). The summed E-state index contributed by atoms with van der Waals surface area (Å²) in [5.41, 5.74) is 15.8. The van der Waals surface area contributed by atoms with Crippen LogP contribution in [0.1, 0.15) is 40.4 Å². The van der Waals surface area contributed by atoms with E-state index in [4.69, 9.17) is 9.41 Å². The third kappa shape index (κ3) is 6.55. The molecule has 2 unspecified atom stereocenters. The summed E-state index contributed by atoms with van der Waals surface area (Å²) in [6, 6.07) is 49.3. The smallest absolute Gasteiger partial charge is 0.146 e. The number of benzene rings is 6. The van der Waals surface area contributed by atoms with Gasteiger partial charge in [-0.2, -0.15) is 0 Å². The second kappa shape index (κ2) is 14.8. The molecule has 2 heterocycles. The molecule has 0 saturated carbocycles. The van der Waals surface area contributed by atoms with E-state index in [1.807, 2.05) is 24.3 Å². The quantitative estimate of drug-likeness (QED) is 0.160. The largest absolute Gasteiger partial charge is 0.456 e. The maximum Gasteiger partial charge on any atom is 0.146 e. The number of nitrogens with zero attached hydrogens (tertiary/aromatic N) is 1. The van der Waals surface area contributed by atoms with Crippen LogP contribution in [0.15, 0.2) is 210 Å². The number of allylic oxidation sites excluding steroid dienone is 9. The molecule has 0 bridgehead atoms. The maximum atomic E-state index is 6.51. The highest BCUT2D eigenvalue weighted by Crippen LogP contribution is 2.40. The minimum atomic E-state index is -0.311. The Kier molecular flexibility index (Phi) is 8.92. The van der Waals surface area contributed by atoms with Crippen LogP contribution >= 0.6 is 0 Å². The van der Waals surface area contributed by atoms with Crippen molar-refractivity contribution in [1.82, 2.24) is 10.6 Å². The summed E-state index contributed by atoms with van der Waals surface area (Å²) in [4.78, 5) is 5.41. The zero-order chi connectivity index (χ0) is 38.1. The van der Waals surface area contributed by atoms with Gasteiger partial charge in [0.2, 0.25) is 0 Å². The molecule has 0 saturated heterocycles. The van der Waals surface area contributed by atoms with E-state index in [0.29, 0.717) is 0 Å². The predicted octanol–water partition coefficient (Wildman–Crippen LogP) is 12.7. The number of aliphatic imine (C=N–C) groups is 1. The van der Waals surface area contributed by atoms with Gasteiger partial charge in [0.25, 0.3) is 0 Å². The van der Waals surface area contributed by atoms with Crippen molar-refractivity contribution in [3.8, 4) is 22.3 Å². The number of nitrogens with one attached hydrogen (secondary N) is 2. The molecular formula is C53H41N3O. The lowest BCUT2D eigenvalue weighted by Gasteiger charge is -2.22. The molecule has 4 nitrogen and oxygen atoms in total. The Morgan fingerprint density at radius 1 is 0.719 bits per heavy atom. The standard InChI is InChI=1S/C53H41N3O/c1-2-35(24-29-42-32-41-18-9-10-19-43(41)45-21-12-11-20-44(42)45)40-30-31-49-47(33-40)51-46(22-13-23-50(51)57-49)53-54-34-48(38-16-7-4-8-17-38)55-52(56-53)39-27-25-37(26-28-39)36-14-5-3-6-15-36/h2-16,18-31,33-34,38,52,55H,1,17,32H2,(H,54,56)/b35-24+,42-29+. The molecule has 0 fully saturated rings. The summed E-state index contributed by atoms with van der Waals surface area (Å²) >= 11 is 0. The van der Waals surface area contributed by atoms with Gasteiger partial charge in [0.15, 0.2) is 0 Å². The molecule has 2 atom stereocenters. The van der Waals surface area contributed by atoms with Gasteiger partial charge in [-0.25, -0.2) is 4.99 Å². The molecule has 57 heavy (non-hydrogen) atoms. The summed E-state index contributed by atoms with van der Waals surface area (Å²) in [5, 5.41) is 9.50. The predicted molar refractivity (Wildman–Crippen MR) is 237 cm³/mol. The number of hydrogen-bond acceptors (Lipinski definition) is 4. The second-order valence-corrected chi connectivity index (χ2v) is 14.8. The first-order chi connectivity index (χ1) is 28.2. The molecule has 0 spiro atoms. The number of furan rings is 1. The van der Waals surface area contributed by atoms with E-state index in [-0.39, 0.29) is 12.1 Å². The van der Waals surface area contributed by atoms with E-state index >= 15 is 0 Å². The van der Waals surface area contributed by atoms with Gasteiger partial charge in [0, 0.05) is 34.2 Å². The Bertz CT molecular complexity index is 2860. The SMILES string of the molecule is C=C/C(=C\C=C1/Cc2ccccc2-c2ccccc21)c1ccc2oc3cccc(C4=NC(c5ccc(-c6ccccc6)cc5)NC(C5C=CC=CC5)=CN4)c3c2c1. The minimum absolute atomic E-state index is 0.215. The molecule has 2 aliphatic carbocycles. The van der Waals surface area contributed by atoms with Crippen molar-refractivity contribution in [1.29, 1.82) is 0 Å². The van der Waals surface area contributed by atoms with Crippen molar-refractivity contribution in [2.24, 2.45) is 10.9 Å². The lowest BCUT2D eigenvalue weighted by atomic mass is 9.82. The van der Waals surface area contributed by atoms with E-state index in [1.165, 1.54) is 39.0 Å². The summed E-state index contributed by atoms with van der Waals surface area (Å²) in [6.07, 6.45) is 18.7. The van der Waals surface area contributed by atoms with Crippen LogP contribution in [0.3, 0.4) is 0 Å². The molecule has 6 aromatic carbocycles. The first-order valence-corrected chi connectivity index (χ1v) is 19.7. The van der Waals surface area contributed by atoms with Gasteiger partial charge in [-0.3, -0.25) is 0 Å². The summed E-state index contributed by atoms with van der Waals surface area (Å²) in [7, 11) is 0. The molecule has 1 aromatic heterocycles. The van der Waals surface area contributed by atoms with Crippen LogP contribution in [0.2, 0.25) is 0 Å². The molecule has 274 valence electrons. The van der Waals surface area contributed by atoms with Crippen LogP contribution < -0.4 is 10.6 Å². The summed E-state index contributed by atoms with van der Waals surface area (Å²) in [5.74, 6) is 0.997. The highest BCUT2D eigenvalue weighted by atomic mass is 16.3. The molecular weight excluding hydrogens is 695 g/mol. The zero-order valence-corrected chi connectivity index (χ0v) is 31.5. The molecule has 4 heteroatoms. The topological polar surface area (TPSA) is 49.6 Å². The fourth-order valence-electron chi connectivity index (χ4n) is 8.42. The number of amidine groups is 1. The molecule has 1 aliphatic heterocycles. The highest BCUT2D eigenvalue weighted by Gasteiger charge is 2.24. The fraction of sp³-hybridized carbons (Fsp3) is 0.0755. The van der Waals surface area contributed by atoms with Gasteiger partial charge in [0.1, 0.15) is 23.2 Å². The number of rotatable bonds is 7. The Hall–Kier alpha value is -7.17.